The highest BCUT2D eigenvalue weighted by atomic mass is 32.2. The Balaban J connectivity index is 2.41. The molecule has 2 rings (SSSR count). The second-order valence-electron chi connectivity index (χ2n) is 4.29. The van der Waals surface area contributed by atoms with E-state index in [1.165, 1.54) is 25.4 Å². The molecule has 0 aliphatic carbocycles. The number of sulfone groups is 1. The van der Waals surface area contributed by atoms with Crippen LogP contribution in [0.5, 0.6) is 0 Å². The Bertz CT molecular complexity index is 745. The summed E-state index contributed by atoms with van der Waals surface area (Å²) in [5.74, 6) is -0.434. The van der Waals surface area contributed by atoms with E-state index in [9.17, 15) is 13.2 Å². The molecule has 0 saturated heterocycles. The summed E-state index contributed by atoms with van der Waals surface area (Å²) in [6.45, 7) is 0. The first-order chi connectivity index (χ1) is 9.93. The van der Waals surface area contributed by atoms with Crippen molar-refractivity contribution in [3.05, 3.63) is 54.4 Å². The van der Waals surface area contributed by atoms with Gasteiger partial charge >= 0.3 is 0 Å². The Kier molecular flexibility index (Phi) is 4.35. The number of amides is 1. The number of carbonyl (C=O) groups is 1. The van der Waals surface area contributed by atoms with Gasteiger partial charge in [-0.15, -0.1) is 0 Å². The van der Waals surface area contributed by atoms with Gasteiger partial charge in [-0.2, -0.15) is 5.06 Å². The maximum absolute atomic E-state index is 12.3. The van der Waals surface area contributed by atoms with Gasteiger partial charge < -0.3 is 0 Å². The van der Waals surface area contributed by atoms with Gasteiger partial charge in [-0.3, -0.25) is 14.6 Å². The molecule has 7 heteroatoms. The van der Waals surface area contributed by atoms with Gasteiger partial charge in [-0.25, -0.2) is 8.42 Å². The lowest BCUT2D eigenvalue weighted by Gasteiger charge is -2.20. The molecule has 0 spiro atoms. The number of pyridine rings is 1. The molecule has 6 nitrogen and oxygen atoms in total. The lowest BCUT2D eigenvalue weighted by atomic mass is 10.2. The Hall–Kier alpha value is -2.25. The summed E-state index contributed by atoms with van der Waals surface area (Å²) in [5, 5.41) is 1.02. The fourth-order valence-electron chi connectivity index (χ4n) is 1.75. The first-order valence-electron chi connectivity index (χ1n) is 6.02. The van der Waals surface area contributed by atoms with Crippen molar-refractivity contribution >= 4 is 21.4 Å². The third kappa shape index (κ3) is 3.45. The predicted molar refractivity (Wildman–Crippen MR) is 77.6 cm³/mol. The van der Waals surface area contributed by atoms with E-state index in [0.717, 1.165) is 11.3 Å². The average Bonchev–Trinajstić information content (AvgIpc) is 2.48. The normalized spacial score (nSPS) is 11.1. The van der Waals surface area contributed by atoms with Gasteiger partial charge in [0.1, 0.15) is 0 Å². The van der Waals surface area contributed by atoms with Crippen LogP contribution < -0.4 is 5.06 Å². The van der Waals surface area contributed by atoms with E-state index < -0.39 is 15.7 Å². The summed E-state index contributed by atoms with van der Waals surface area (Å²) in [5.41, 5.74) is 0.665. The van der Waals surface area contributed by atoms with Crippen LogP contribution in [0, 0.1) is 0 Å². The zero-order valence-corrected chi connectivity index (χ0v) is 12.4. The smallest absolute Gasteiger partial charge is 0.269 e. The second-order valence-corrected chi connectivity index (χ2v) is 6.31. The van der Waals surface area contributed by atoms with E-state index in [1.54, 1.807) is 30.5 Å². The van der Waals surface area contributed by atoms with E-state index in [-0.39, 0.29) is 4.90 Å². The average molecular weight is 306 g/mol. The molecule has 21 heavy (non-hydrogen) atoms. The third-order valence-electron chi connectivity index (χ3n) is 2.76. The maximum atomic E-state index is 12.3. The van der Waals surface area contributed by atoms with Gasteiger partial charge in [0.05, 0.1) is 23.3 Å². The summed E-state index contributed by atoms with van der Waals surface area (Å²) in [4.78, 5) is 21.4. The molecule has 0 fully saturated rings. The Morgan fingerprint density at radius 3 is 2.57 bits per heavy atom. The van der Waals surface area contributed by atoms with E-state index in [1.807, 2.05) is 0 Å². The van der Waals surface area contributed by atoms with Crippen LogP contribution in [-0.4, -0.2) is 32.7 Å². The third-order valence-corrected chi connectivity index (χ3v) is 3.87. The number of hydroxylamine groups is 1. The van der Waals surface area contributed by atoms with Gasteiger partial charge in [-0.1, -0.05) is 6.07 Å². The summed E-state index contributed by atoms with van der Waals surface area (Å²) in [6, 6.07) is 9.21. The number of carbonyl (C=O) groups excluding carboxylic acids is 1. The van der Waals surface area contributed by atoms with Crippen molar-refractivity contribution in [3.63, 3.8) is 0 Å². The van der Waals surface area contributed by atoms with Crippen LogP contribution in [0.25, 0.3) is 0 Å². The van der Waals surface area contributed by atoms with Gasteiger partial charge in [0, 0.05) is 18.6 Å². The highest BCUT2D eigenvalue weighted by molar-refractivity contribution is 7.90. The molecular weight excluding hydrogens is 292 g/mol. The first-order valence-corrected chi connectivity index (χ1v) is 7.91. The van der Waals surface area contributed by atoms with Gasteiger partial charge in [0.25, 0.3) is 5.91 Å². The fourth-order valence-corrected chi connectivity index (χ4v) is 2.41. The van der Waals surface area contributed by atoms with Crippen molar-refractivity contribution in [1.29, 1.82) is 0 Å². The minimum Gasteiger partial charge on any atom is -0.269 e. The number of anilines is 1. The molecule has 1 heterocycles. The molecule has 0 N–H and O–H groups in total. The zero-order chi connectivity index (χ0) is 15.5. The summed E-state index contributed by atoms with van der Waals surface area (Å²) < 4.78 is 23.2. The van der Waals surface area contributed by atoms with Crippen molar-refractivity contribution < 1.29 is 18.0 Å². The molecule has 1 aromatic carbocycles. The summed E-state index contributed by atoms with van der Waals surface area (Å²) in [6.07, 6.45) is 4.07. The van der Waals surface area contributed by atoms with Crippen LogP contribution in [0.4, 0.5) is 5.69 Å². The van der Waals surface area contributed by atoms with E-state index in [2.05, 4.69) is 4.98 Å². The van der Waals surface area contributed by atoms with Crippen LogP contribution >= 0.6 is 0 Å². The molecular formula is C14H14N2O4S. The number of rotatable bonds is 4. The van der Waals surface area contributed by atoms with Crippen molar-refractivity contribution in [2.75, 3.05) is 18.4 Å². The maximum Gasteiger partial charge on any atom is 0.283 e. The Morgan fingerprint density at radius 2 is 2.00 bits per heavy atom. The van der Waals surface area contributed by atoms with E-state index in [0.29, 0.717) is 11.3 Å². The fraction of sp³-hybridized carbons (Fsp3) is 0.143. The Labute approximate surface area is 122 Å². The van der Waals surface area contributed by atoms with Crippen LogP contribution in [0.3, 0.4) is 0 Å². The van der Waals surface area contributed by atoms with Gasteiger partial charge in [0.15, 0.2) is 9.84 Å². The lowest BCUT2D eigenvalue weighted by Crippen LogP contribution is -2.29. The quantitative estimate of drug-likeness (QED) is 0.803. The zero-order valence-electron chi connectivity index (χ0n) is 11.6. The summed E-state index contributed by atoms with van der Waals surface area (Å²) in [7, 11) is -2.03. The molecule has 110 valence electrons. The van der Waals surface area contributed by atoms with Crippen LogP contribution in [0.15, 0.2) is 53.7 Å². The van der Waals surface area contributed by atoms with Gasteiger partial charge in [-0.05, 0) is 30.3 Å². The number of benzene rings is 1. The van der Waals surface area contributed by atoms with Crippen molar-refractivity contribution in [1.82, 2.24) is 4.98 Å². The predicted octanol–water partition coefficient (Wildman–Crippen LogP) is 1.69. The molecule has 0 atom stereocenters. The second kappa shape index (κ2) is 6.02. The molecule has 0 aliphatic heterocycles. The monoisotopic (exact) mass is 306 g/mol. The van der Waals surface area contributed by atoms with E-state index >= 15 is 0 Å². The molecule has 1 amide bonds. The number of hydrogen-bond acceptors (Lipinski definition) is 5. The van der Waals surface area contributed by atoms with Crippen molar-refractivity contribution in [2.45, 2.75) is 4.90 Å². The van der Waals surface area contributed by atoms with Crippen LogP contribution in [0.2, 0.25) is 0 Å². The molecule has 1 aromatic heterocycles. The minimum absolute atomic E-state index is 0.112. The minimum atomic E-state index is -3.36. The molecule has 0 unspecified atom stereocenters. The SMILES string of the molecule is CON(C(=O)c1cccnc1)c1cccc(S(C)(=O)=O)c1. The highest BCUT2D eigenvalue weighted by Crippen LogP contribution is 2.21. The topological polar surface area (TPSA) is 76.6 Å². The first kappa shape index (κ1) is 15.1. The molecule has 0 aliphatic rings. The largest absolute Gasteiger partial charge is 0.283 e. The number of hydrogen-bond donors (Lipinski definition) is 0. The van der Waals surface area contributed by atoms with Crippen LogP contribution in [-0.2, 0) is 14.7 Å². The molecule has 0 saturated carbocycles. The van der Waals surface area contributed by atoms with Crippen LogP contribution in [0.1, 0.15) is 10.4 Å². The highest BCUT2D eigenvalue weighted by Gasteiger charge is 2.19. The van der Waals surface area contributed by atoms with Crippen molar-refractivity contribution in [3.8, 4) is 0 Å². The molecule has 2 aromatic rings. The standard InChI is InChI=1S/C14H14N2O4S/c1-20-16(14(17)11-5-4-8-15-10-11)12-6-3-7-13(9-12)21(2,18)19/h3-10H,1-2H3. The number of nitrogens with zero attached hydrogens (tertiary/aromatic N) is 2. The molecule has 0 bridgehead atoms. The Morgan fingerprint density at radius 1 is 1.24 bits per heavy atom. The van der Waals surface area contributed by atoms with Crippen molar-refractivity contribution in [2.24, 2.45) is 0 Å². The lowest BCUT2D eigenvalue weighted by molar-refractivity contribution is 0.0773. The van der Waals surface area contributed by atoms with Gasteiger partial charge in [0.2, 0.25) is 0 Å². The van der Waals surface area contributed by atoms with E-state index in [4.69, 9.17) is 4.84 Å². The summed E-state index contributed by atoms with van der Waals surface area (Å²) >= 11 is 0. The molecule has 0 radical (unpaired) electrons. The number of aromatic nitrogens is 1.